The minimum absolute atomic E-state index is 0.162. The number of carbonyl (C=O) groups excluding carboxylic acids is 2. The molecule has 10 heteroatoms. The normalized spacial score (nSPS) is 12.7. The highest BCUT2D eigenvalue weighted by atomic mass is 127. The van der Waals surface area contributed by atoms with Crippen LogP contribution in [-0.2, 0) is 26.2 Å². The molecule has 0 fully saturated rings. The van der Waals surface area contributed by atoms with Crippen LogP contribution >= 0.6 is 38.5 Å². The highest BCUT2D eigenvalue weighted by Crippen LogP contribution is 2.21. The maximum absolute atomic E-state index is 13.5. The van der Waals surface area contributed by atoms with E-state index in [2.05, 4.69) is 43.8 Å². The van der Waals surface area contributed by atoms with Crippen molar-refractivity contribution in [1.82, 2.24) is 10.2 Å². The molecule has 0 saturated heterocycles. The maximum atomic E-state index is 13.5. The first-order valence-electron chi connectivity index (χ1n) is 10.3. The Hall–Kier alpha value is -1.66. The number of amides is 2. The average Bonchev–Trinajstić information content (AvgIpc) is 2.69. The SMILES string of the molecule is C[C@H](C(=O)NC(C)(C)C)N(Cc1ccc(Br)cc1)C(=O)CN(c1ccc(I)cc1)S(C)(=O)=O. The summed E-state index contributed by atoms with van der Waals surface area (Å²) in [5.41, 5.74) is 0.737. The summed E-state index contributed by atoms with van der Waals surface area (Å²) in [6.45, 7) is 6.98. The first-order valence-corrected chi connectivity index (χ1v) is 14.0. The molecule has 0 radical (unpaired) electrons. The van der Waals surface area contributed by atoms with Crippen molar-refractivity contribution in [3.63, 3.8) is 0 Å². The number of hydrogen-bond acceptors (Lipinski definition) is 4. The van der Waals surface area contributed by atoms with Crippen molar-refractivity contribution in [2.45, 2.75) is 45.8 Å². The van der Waals surface area contributed by atoms with Crippen LogP contribution in [0.3, 0.4) is 0 Å². The van der Waals surface area contributed by atoms with Crippen LogP contribution in [-0.4, -0.2) is 49.5 Å². The molecule has 1 N–H and O–H groups in total. The number of rotatable bonds is 8. The summed E-state index contributed by atoms with van der Waals surface area (Å²) in [6, 6.07) is 13.5. The monoisotopic (exact) mass is 649 g/mol. The second-order valence-corrected chi connectivity index (χ2v) is 12.9. The maximum Gasteiger partial charge on any atom is 0.244 e. The molecule has 0 aliphatic rings. The van der Waals surface area contributed by atoms with E-state index in [0.717, 1.165) is 24.2 Å². The first kappa shape index (κ1) is 27.6. The number of hydrogen-bond donors (Lipinski definition) is 1. The Labute approximate surface area is 218 Å². The molecule has 0 bridgehead atoms. The molecule has 0 aromatic heterocycles. The summed E-state index contributed by atoms with van der Waals surface area (Å²) in [6.07, 6.45) is 1.06. The van der Waals surface area contributed by atoms with Crippen molar-refractivity contribution in [1.29, 1.82) is 0 Å². The highest BCUT2D eigenvalue weighted by molar-refractivity contribution is 14.1. The van der Waals surface area contributed by atoms with Gasteiger partial charge in [0, 0.05) is 20.1 Å². The third-order valence-electron chi connectivity index (χ3n) is 4.73. The highest BCUT2D eigenvalue weighted by Gasteiger charge is 2.31. The smallest absolute Gasteiger partial charge is 0.244 e. The van der Waals surface area contributed by atoms with Gasteiger partial charge in [0.2, 0.25) is 21.8 Å². The number of carbonyl (C=O) groups is 2. The lowest BCUT2D eigenvalue weighted by Gasteiger charge is -2.33. The van der Waals surface area contributed by atoms with Gasteiger partial charge >= 0.3 is 0 Å². The van der Waals surface area contributed by atoms with Crippen molar-refractivity contribution in [3.05, 3.63) is 62.1 Å². The van der Waals surface area contributed by atoms with Crippen LogP contribution < -0.4 is 9.62 Å². The van der Waals surface area contributed by atoms with E-state index in [0.29, 0.717) is 5.69 Å². The van der Waals surface area contributed by atoms with E-state index in [1.165, 1.54) is 4.90 Å². The molecular weight excluding hydrogens is 621 g/mol. The molecule has 1 atom stereocenters. The Morgan fingerprint density at radius 3 is 2.09 bits per heavy atom. The molecule has 2 rings (SSSR count). The average molecular weight is 650 g/mol. The largest absolute Gasteiger partial charge is 0.350 e. The Kier molecular flexibility index (Phi) is 9.34. The third-order valence-corrected chi connectivity index (χ3v) is 7.11. The number of nitrogens with zero attached hydrogens (tertiary/aromatic N) is 2. The number of benzene rings is 2. The van der Waals surface area contributed by atoms with Gasteiger partial charge in [-0.1, -0.05) is 28.1 Å². The molecule has 0 unspecified atom stereocenters. The van der Waals surface area contributed by atoms with E-state index >= 15 is 0 Å². The summed E-state index contributed by atoms with van der Waals surface area (Å²) in [5.74, 6) is -0.786. The van der Waals surface area contributed by atoms with Gasteiger partial charge in [-0.25, -0.2) is 8.42 Å². The summed E-state index contributed by atoms with van der Waals surface area (Å²) < 4.78 is 28.0. The fourth-order valence-electron chi connectivity index (χ4n) is 3.06. The van der Waals surface area contributed by atoms with Gasteiger partial charge in [0.1, 0.15) is 12.6 Å². The third kappa shape index (κ3) is 8.56. The van der Waals surface area contributed by atoms with Crippen molar-refractivity contribution in [2.24, 2.45) is 0 Å². The van der Waals surface area contributed by atoms with E-state index in [4.69, 9.17) is 0 Å². The second-order valence-electron chi connectivity index (χ2n) is 8.81. The lowest BCUT2D eigenvalue weighted by Crippen LogP contribution is -2.54. The van der Waals surface area contributed by atoms with E-state index < -0.39 is 34.1 Å². The molecule has 0 aliphatic heterocycles. The summed E-state index contributed by atoms with van der Waals surface area (Å²) in [4.78, 5) is 27.8. The lowest BCUT2D eigenvalue weighted by atomic mass is 10.1. The predicted octanol–water partition coefficient (Wildman–Crippen LogP) is 4.15. The van der Waals surface area contributed by atoms with Crippen LogP contribution in [0.4, 0.5) is 5.69 Å². The lowest BCUT2D eigenvalue weighted by molar-refractivity contribution is -0.140. The number of halogens is 2. The topological polar surface area (TPSA) is 86.8 Å². The fourth-order valence-corrected chi connectivity index (χ4v) is 4.54. The van der Waals surface area contributed by atoms with Gasteiger partial charge in [-0.15, -0.1) is 0 Å². The molecule has 33 heavy (non-hydrogen) atoms. The first-order chi connectivity index (χ1) is 15.2. The minimum atomic E-state index is -3.74. The van der Waals surface area contributed by atoms with Crippen LogP contribution in [0.15, 0.2) is 53.0 Å². The van der Waals surface area contributed by atoms with E-state index in [9.17, 15) is 18.0 Å². The Morgan fingerprint density at radius 1 is 1.06 bits per heavy atom. The van der Waals surface area contributed by atoms with Gasteiger partial charge in [0.15, 0.2) is 0 Å². The summed E-state index contributed by atoms with van der Waals surface area (Å²) >= 11 is 5.52. The van der Waals surface area contributed by atoms with Crippen molar-refractivity contribution >= 4 is 66.0 Å². The van der Waals surface area contributed by atoms with Crippen LogP contribution in [0.25, 0.3) is 0 Å². The molecule has 2 aromatic carbocycles. The van der Waals surface area contributed by atoms with Crippen molar-refractivity contribution < 1.29 is 18.0 Å². The van der Waals surface area contributed by atoms with E-state index in [1.54, 1.807) is 31.2 Å². The zero-order valence-electron chi connectivity index (χ0n) is 19.3. The zero-order valence-corrected chi connectivity index (χ0v) is 23.9. The van der Waals surface area contributed by atoms with Crippen LogP contribution in [0.1, 0.15) is 33.3 Å². The number of anilines is 1. The zero-order chi connectivity index (χ0) is 25.0. The van der Waals surface area contributed by atoms with Gasteiger partial charge < -0.3 is 10.2 Å². The molecule has 0 spiro atoms. The Bertz CT molecular complexity index is 1080. The van der Waals surface area contributed by atoms with Gasteiger partial charge in [-0.2, -0.15) is 0 Å². The molecule has 0 saturated carbocycles. The standard InChI is InChI=1S/C23H29BrIN3O4S/c1-16(22(30)26-23(2,3)4)27(14-17-6-8-18(24)9-7-17)21(29)15-28(33(5,31)32)20-12-10-19(25)11-13-20/h6-13,16H,14-15H2,1-5H3,(H,26,30)/t16-/m1/s1. The minimum Gasteiger partial charge on any atom is -0.350 e. The Morgan fingerprint density at radius 2 is 1.61 bits per heavy atom. The van der Waals surface area contributed by atoms with E-state index in [-0.39, 0.29) is 12.5 Å². The van der Waals surface area contributed by atoms with Crippen LogP contribution in [0.5, 0.6) is 0 Å². The molecular formula is C23H29BrIN3O4S. The summed E-state index contributed by atoms with van der Waals surface area (Å²) in [5, 5.41) is 2.90. The molecule has 2 amide bonds. The van der Waals surface area contributed by atoms with Gasteiger partial charge in [-0.3, -0.25) is 13.9 Å². The van der Waals surface area contributed by atoms with E-state index in [1.807, 2.05) is 45.0 Å². The van der Waals surface area contributed by atoms with Gasteiger partial charge in [0.05, 0.1) is 11.9 Å². The van der Waals surface area contributed by atoms with Crippen LogP contribution in [0.2, 0.25) is 0 Å². The fraction of sp³-hybridized carbons (Fsp3) is 0.391. The quantitative estimate of drug-likeness (QED) is 0.436. The molecule has 180 valence electrons. The van der Waals surface area contributed by atoms with Gasteiger partial charge in [-0.05, 0) is 92.2 Å². The molecule has 7 nitrogen and oxygen atoms in total. The van der Waals surface area contributed by atoms with Gasteiger partial charge in [0.25, 0.3) is 0 Å². The molecule has 0 aliphatic carbocycles. The number of nitrogens with one attached hydrogen (secondary N) is 1. The Balaban J connectivity index is 2.38. The van der Waals surface area contributed by atoms with Crippen LogP contribution in [0, 0.1) is 3.57 Å². The molecule has 0 heterocycles. The van der Waals surface area contributed by atoms with Crippen molar-refractivity contribution in [2.75, 3.05) is 17.1 Å². The molecule has 2 aromatic rings. The van der Waals surface area contributed by atoms with Crippen molar-refractivity contribution in [3.8, 4) is 0 Å². The predicted molar refractivity (Wildman–Crippen MR) is 143 cm³/mol. The summed E-state index contributed by atoms with van der Waals surface area (Å²) in [7, 11) is -3.74. The number of sulfonamides is 1. The second kappa shape index (κ2) is 11.2.